The number of aromatic nitrogens is 2. The third-order valence-corrected chi connectivity index (χ3v) is 6.79. The second kappa shape index (κ2) is 9.42. The minimum atomic E-state index is -0.484. The van der Waals surface area contributed by atoms with Crippen LogP contribution in [-0.4, -0.2) is 58.2 Å². The molecule has 0 saturated carbocycles. The Hall–Kier alpha value is -3.46. The van der Waals surface area contributed by atoms with E-state index in [0.29, 0.717) is 13.1 Å². The highest BCUT2D eigenvalue weighted by Gasteiger charge is 2.19. The number of benzene rings is 1. The quantitative estimate of drug-likeness (QED) is 0.516. The molecule has 0 atom stereocenters. The molecule has 3 aromatic rings. The molecular weight excluding hydrogens is 432 g/mol. The van der Waals surface area contributed by atoms with Crippen molar-refractivity contribution in [1.82, 2.24) is 18.9 Å². The fourth-order valence-electron chi connectivity index (χ4n) is 4.85. The van der Waals surface area contributed by atoms with Crippen molar-refractivity contribution in [3.63, 3.8) is 0 Å². The van der Waals surface area contributed by atoms with Crippen LogP contribution in [0.4, 0.5) is 0 Å². The molecule has 0 N–H and O–H groups in total. The van der Waals surface area contributed by atoms with Gasteiger partial charge in [-0.05, 0) is 64.0 Å². The van der Waals surface area contributed by atoms with E-state index >= 15 is 0 Å². The van der Waals surface area contributed by atoms with Crippen LogP contribution in [0.15, 0.2) is 31.3 Å². The van der Waals surface area contributed by atoms with Crippen LogP contribution in [0, 0.1) is 23.7 Å². The van der Waals surface area contributed by atoms with Gasteiger partial charge in [-0.15, -0.1) is 0 Å². The van der Waals surface area contributed by atoms with E-state index in [1.54, 1.807) is 0 Å². The number of fused-ring (bicyclic) bond motifs is 2. The first-order valence-electron chi connectivity index (χ1n) is 11.8. The van der Waals surface area contributed by atoms with E-state index in [1.165, 1.54) is 37.8 Å². The van der Waals surface area contributed by atoms with Crippen molar-refractivity contribution < 1.29 is 0 Å². The smallest absolute Gasteiger partial charge is 0.262 e. The van der Waals surface area contributed by atoms with Gasteiger partial charge in [0.2, 0.25) is 0 Å². The van der Waals surface area contributed by atoms with Crippen molar-refractivity contribution in [1.29, 1.82) is 0 Å². The van der Waals surface area contributed by atoms with E-state index in [0.717, 1.165) is 35.3 Å². The van der Waals surface area contributed by atoms with Crippen LogP contribution < -0.4 is 22.2 Å². The summed E-state index contributed by atoms with van der Waals surface area (Å²) in [7, 11) is 0. The van der Waals surface area contributed by atoms with Crippen molar-refractivity contribution in [3.05, 3.63) is 53.5 Å². The van der Waals surface area contributed by atoms with Crippen LogP contribution >= 0.6 is 0 Å². The van der Waals surface area contributed by atoms with Gasteiger partial charge in [0.15, 0.2) is 0 Å². The molecule has 4 heterocycles. The molecule has 174 valence electrons. The van der Waals surface area contributed by atoms with Crippen LogP contribution in [-0.2, 0) is 13.1 Å². The fourth-order valence-corrected chi connectivity index (χ4v) is 4.85. The maximum absolute atomic E-state index is 12.9. The molecule has 5 rings (SSSR count). The fraction of sp³-hybridized carbons (Fsp3) is 0.462. The molecule has 0 radical (unpaired) electrons. The van der Waals surface area contributed by atoms with E-state index < -0.39 is 22.2 Å². The molecule has 0 spiro atoms. The lowest BCUT2D eigenvalue weighted by atomic mass is 10.1. The molecule has 8 heteroatoms. The number of hydrogen-bond acceptors (Lipinski definition) is 6. The van der Waals surface area contributed by atoms with Gasteiger partial charge in [0.05, 0.1) is 47.7 Å². The average Bonchev–Trinajstić information content (AvgIpc) is 3.62. The van der Waals surface area contributed by atoms with Gasteiger partial charge in [-0.25, -0.2) is 0 Å². The van der Waals surface area contributed by atoms with E-state index in [2.05, 4.69) is 33.5 Å². The van der Waals surface area contributed by atoms with Crippen LogP contribution in [0.3, 0.4) is 0 Å². The summed E-state index contributed by atoms with van der Waals surface area (Å²) in [4.78, 5) is 55.9. The Balaban J connectivity index is 1.42. The normalized spacial score (nSPS) is 16.7. The highest BCUT2D eigenvalue weighted by Crippen LogP contribution is 2.14. The van der Waals surface area contributed by atoms with Crippen molar-refractivity contribution in [3.8, 4) is 23.7 Å². The van der Waals surface area contributed by atoms with Crippen LogP contribution in [0.25, 0.3) is 21.5 Å². The summed E-state index contributed by atoms with van der Waals surface area (Å²) in [5.74, 6) is 11.9. The van der Waals surface area contributed by atoms with Crippen LogP contribution in [0.5, 0.6) is 0 Å². The van der Waals surface area contributed by atoms with Gasteiger partial charge < -0.3 is 0 Å². The third kappa shape index (κ3) is 4.11. The van der Waals surface area contributed by atoms with Gasteiger partial charge in [0.25, 0.3) is 22.2 Å². The Labute approximate surface area is 196 Å². The highest BCUT2D eigenvalue weighted by molar-refractivity contribution is 5.97. The summed E-state index contributed by atoms with van der Waals surface area (Å²) in [6.07, 6.45) is 4.69. The molecule has 34 heavy (non-hydrogen) atoms. The van der Waals surface area contributed by atoms with Gasteiger partial charge in [-0.2, -0.15) is 0 Å². The largest absolute Gasteiger partial charge is 0.292 e. The minimum absolute atomic E-state index is 0.00845. The lowest BCUT2D eigenvalue weighted by Gasteiger charge is -2.08. The topological polar surface area (TPSA) is 84.6 Å². The molecule has 0 amide bonds. The van der Waals surface area contributed by atoms with E-state index in [4.69, 9.17) is 0 Å². The SMILES string of the molecule is O=c1c2cc3c(=O)n(CC#CCN4CCCC4)c(=O)c3cc2c(=O)n1CC#CCN1CCCC1. The van der Waals surface area contributed by atoms with Crippen molar-refractivity contribution in [2.75, 3.05) is 39.3 Å². The predicted molar refractivity (Wildman–Crippen MR) is 132 cm³/mol. The molecule has 0 unspecified atom stereocenters. The molecule has 1 aromatic carbocycles. The number of rotatable bonds is 4. The Kier molecular flexibility index (Phi) is 6.19. The molecule has 2 fully saturated rings. The van der Waals surface area contributed by atoms with Crippen LogP contribution in [0.1, 0.15) is 25.7 Å². The van der Waals surface area contributed by atoms with E-state index in [1.807, 2.05) is 0 Å². The summed E-state index contributed by atoms with van der Waals surface area (Å²) in [6.45, 7) is 5.32. The molecule has 0 aliphatic carbocycles. The first-order chi connectivity index (χ1) is 16.5. The second-order valence-corrected chi connectivity index (χ2v) is 9.01. The average molecular weight is 459 g/mol. The zero-order chi connectivity index (χ0) is 23.7. The summed E-state index contributed by atoms with van der Waals surface area (Å²) in [5.41, 5.74) is -1.94. The molecular formula is C26H26N4O4. The standard InChI is InChI=1S/C26H26N4O4/c31-23-19-17-21-22(26(34)30(25(21)33)16-8-6-14-28-11-3-4-12-28)18-20(19)24(32)29(23)15-7-5-13-27-9-1-2-10-27/h17-18H,1-4,9-16H2. The Morgan fingerprint density at radius 2 is 0.794 bits per heavy atom. The lowest BCUT2D eigenvalue weighted by Crippen LogP contribution is -2.26. The zero-order valence-electron chi connectivity index (χ0n) is 19.1. The van der Waals surface area contributed by atoms with Crippen molar-refractivity contribution in [2.45, 2.75) is 38.8 Å². The van der Waals surface area contributed by atoms with Gasteiger partial charge in [0, 0.05) is 0 Å². The summed E-state index contributed by atoms with van der Waals surface area (Å²) < 4.78 is 2.15. The molecule has 2 saturated heterocycles. The minimum Gasteiger partial charge on any atom is -0.292 e. The molecule has 2 aromatic heterocycles. The second-order valence-electron chi connectivity index (χ2n) is 9.01. The monoisotopic (exact) mass is 458 g/mol. The predicted octanol–water partition coefficient (Wildman–Crippen LogP) is 0.111. The Morgan fingerprint density at radius 3 is 1.12 bits per heavy atom. The Morgan fingerprint density at radius 1 is 0.500 bits per heavy atom. The van der Waals surface area contributed by atoms with E-state index in [9.17, 15) is 19.2 Å². The number of likely N-dealkylation sites (tertiary alicyclic amines) is 2. The first kappa shape index (κ1) is 22.3. The molecule has 2 aliphatic rings. The van der Waals surface area contributed by atoms with Gasteiger partial charge in [0.1, 0.15) is 0 Å². The van der Waals surface area contributed by atoms with Gasteiger partial charge >= 0.3 is 0 Å². The van der Waals surface area contributed by atoms with Gasteiger partial charge in [-0.1, -0.05) is 23.7 Å². The van der Waals surface area contributed by atoms with Crippen molar-refractivity contribution in [2.24, 2.45) is 0 Å². The molecule has 8 nitrogen and oxygen atoms in total. The summed E-state index contributed by atoms with van der Waals surface area (Å²) in [5, 5.41) is 0.586. The van der Waals surface area contributed by atoms with E-state index in [-0.39, 0.29) is 34.6 Å². The number of hydrogen-bond donors (Lipinski definition) is 0. The highest BCUT2D eigenvalue weighted by atomic mass is 16.2. The molecule has 2 aliphatic heterocycles. The maximum atomic E-state index is 12.9. The summed E-state index contributed by atoms with van der Waals surface area (Å²) >= 11 is 0. The van der Waals surface area contributed by atoms with Gasteiger partial charge in [-0.3, -0.25) is 38.1 Å². The number of nitrogens with zero attached hydrogens (tertiary/aromatic N) is 4. The van der Waals surface area contributed by atoms with Crippen LogP contribution in [0.2, 0.25) is 0 Å². The maximum Gasteiger partial charge on any atom is 0.262 e. The lowest BCUT2D eigenvalue weighted by molar-refractivity contribution is 0.383. The Bertz CT molecular complexity index is 1370. The summed E-state index contributed by atoms with van der Waals surface area (Å²) in [6, 6.07) is 2.75. The third-order valence-electron chi connectivity index (χ3n) is 6.79. The first-order valence-corrected chi connectivity index (χ1v) is 11.8. The zero-order valence-corrected chi connectivity index (χ0v) is 19.1. The van der Waals surface area contributed by atoms with Crippen molar-refractivity contribution >= 4 is 21.5 Å². The molecule has 0 bridgehead atoms.